The van der Waals surface area contributed by atoms with Crippen LogP contribution in [0.2, 0.25) is 0 Å². The Morgan fingerprint density at radius 3 is 2.48 bits per heavy atom. The molecule has 6 heteroatoms. The van der Waals surface area contributed by atoms with Crippen molar-refractivity contribution in [3.8, 4) is 11.3 Å². The standard InChI is InChI=1S/C21H28N4O2/c26-20(23-15-14-22-18-10-6-1-2-7-11-18)16-25-21(27)13-12-19(24-25)17-8-4-3-5-9-17/h3-5,8-9,12-13,18,22H,1-2,6-7,10-11,14-16H2,(H,23,26). The second kappa shape index (κ2) is 10.0. The van der Waals surface area contributed by atoms with Crippen molar-refractivity contribution in [1.82, 2.24) is 20.4 Å². The average molecular weight is 368 g/mol. The maximum atomic E-state index is 12.2. The lowest BCUT2D eigenvalue weighted by Crippen LogP contribution is -2.39. The molecule has 0 spiro atoms. The fraction of sp³-hybridized carbons (Fsp3) is 0.476. The van der Waals surface area contributed by atoms with Crippen molar-refractivity contribution in [3.63, 3.8) is 0 Å². The van der Waals surface area contributed by atoms with Crippen LogP contribution in [-0.4, -0.2) is 34.8 Å². The van der Waals surface area contributed by atoms with E-state index in [1.165, 1.54) is 49.3 Å². The molecule has 0 radical (unpaired) electrons. The van der Waals surface area contributed by atoms with Crippen molar-refractivity contribution in [1.29, 1.82) is 0 Å². The Morgan fingerprint density at radius 1 is 1.00 bits per heavy atom. The van der Waals surface area contributed by atoms with Crippen LogP contribution in [0.1, 0.15) is 38.5 Å². The van der Waals surface area contributed by atoms with Crippen molar-refractivity contribution in [3.05, 3.63) is 52.8 Å². The molecule has 2 aromatic rings. The molecular weight excluding hydrogens is 340 g/mol. The summed E-state index contributed by atoms with van der Waals surface area (Å²) in [5.74, 6) is -0.197. The highest BCUT2D eigenvalue weighted by Crippen LogP contribution is 2.17. The molecule has 1 aromatic heterocycles. The smallest absolute Gasteiger partial charge is 0.267 e. The summed E-state index contributed by atoms with van der Waals surface area (Å²) in [5.41, 5.74) is 1.32. The minimum Gasteiger partial charge on any atom is -0.353 e. The third kappa shape index (κ3) is 6.03. The van der Waals surface area contributed by atoms with Gasteiger partial charge >= 0.3 is 0 Å². The van der Waals surface area contributed by atoms with Crippen LogP contribution in [0.4, 0.5) is 0 Å². The van der Waals surface area contributed by atoms with Gasteiger partial charge in [-0.2, -0.15) is 5.10 Å². The van der Waals surface area contributed by atoms with Gasteiger partial charge in [0, 0.05) is 30.8 Å². The van der Waals surface area contributed by atoms with E-state index in [-0.39, 0.29) is 18.0 Å². The van der Waals surface area contributed by atoms with E-state index >= 15 is 0 Å². The molecule has 1 aliphatic rings. The molecular formula is C21H28N4O2. The topological polar surface area (TPSA) is 76.0 Å². The second-order valence-electron chi connectivity index (χ2n) is 7.07. The number of benzene rings is 1. The van der Waals surface area contributed by atoms with Crippen molar-refractivity contribution < 1.29 is 4.79 Å². The van der Waals surface area contributed by atoms with E-state index in [0.29, 0.717) is 18.3 Å². The molecule has 6 nitrogen and oxygen atoms in total. The van der Waals surface area contributed by atoms with Crippen molar-refractivity contribution >= 4 is 5.91 Å². The summed E-state index contributed by atoms with van der Waals surface area (Å²) in [5, 5.41) is 10.7. The van der Waals surface area contributed by atoms with Crippen LogP contribution in [0.5, 0.6) is 0 Å². The number of nitrogens with zero attached hydrogens (tertiary/aromatic N) is 2. The molecule has 0 saturated heterocycles. The van der Waals surface area contributed by atoms with E-state index in [1.54, 1.807) is 6.07 Å². The number of nitrogens with one attached hydrogen (secondary N) is 2. The third-order valence-corrected chi connectivity index (χ3v) is 4.96. The molecule has 1 saturated carbocycles. The molecule has 1 fully saturated rings. The number of hydrogen-bond donors (Lipinski definition) is 2. The Balaban J connectivity index is 1.48. The molecule has 1 amide bonds. The fourth-order valence-corrected chi connectivity index (χ4v) is 3.48. The van der Waals surface area contributed by atoms with Crippen molar-refractivity contribution in [2.24, 2.45) is 0 Å². The number of carbonyl (C=O) groups is 1. The lowest BCUT2D eigenvalue weighted by Gasteiger charge is -2.16. The quantitative estimate of drug-likeness (QED) is 0.581. The van der Waals surface area contributed by atoms with Gasteiger partial charge in [0.2, 0.25) is 5.91 Å². The largest absolute Gasteiger partial charge is 0.353 e. The maximum absolute atomic E-state index is 12.2. The van der Waals surface area contributed by atoms with Gasteiger partial charge < -0.3 is 10.6 Å². The van der Waals surface area contributed by atoms with E-state index in [1.807, 2.05) is 30.3 Å². The summed E-state index contributed by atoms with van der Waals surface area (Å²) in [6.07, 6.45) is 7.68. The molecule has 0 atom stereocenters. The van der Waals surface area contributed by atoms with Crippen molar-refractivity contribution in [2.75, 3.05) is 13.1 Å². The Morgan fingerprint density at radius 2 is 1.74 bits per heavy atom. The lowest BCUT2D eigenvalue weighted by atomic mass is 10.1. The molecule has 0 unspecified atom stereocenters. The van der Waals surface area contributed by atoms with E-state index in [4.69, 9.17) is 0 Å². The second-order valence-corrected chi connectivity index (χ2v) is 7.07. The monoisotopic (exact) mass is 368 g/mol. The number of carbonyl (C=O) groups excluding carboxylic acids is 1. The molecule has 0 bridgehead atoms. The zero-order valence-corrected chi connectivity index (χ0v) is 15.7. The maximum Gasteiger partial charge on any atom is 0.267 e. The van der Waals surface area contributed by atoms with Gasteiger partial charge in [-0.1, -0.05) is 56.0 Å². The van der Waals surface area contributed by atoms with Crippen LogP contribution in [0.25, 0.3) is 11.3 Å². The minimum absolute atomic E-state index is 0.0665. The summed E-state index contributed by atoms with van der Waals surface area (Å²) in [7, 11) is 0. The van der Waals surface area contributed by atoms with E-state index < -0.39 is 0 Å². The van der Waals surface area contributed by atoms with E-state index in [2.05, 4.69) is 15.7 Å². The first kappa shape index (κ1) is 19.3. The Hall–Kier alpha value is -2.47. The third-order valence-electron chi connectivity index (χ3n) is 4.96. The number of rotatable bonds is 7. The highest BCUT2D eigenvalue weighted by atomic mass is 16.2. The first-order chi connectivity index (χ1) is 13.2. The van der Waals surface area contributed by atoms with Crippen LogP contribution in [-0.2, 0) is 11.3 Å². The molecule has 27 heavy (non-hydrogen) atoms. The van der Waals surface area contributed by atoms with E-state index in [0.717, 1.165) is 12.1 Å². The first-order valence-electron chi connectivity index (χ1n) is 9.86. The summed E-state index contributed by atoms with van der Waals surface area (Å²) < 4.78 is 1.22. The highest BCUT2D eigenvalue weighted by molar-refractivity contribution is 5.75. The first-order valence-corrected chi connectivity index (χ1v) is 9.86. The van der Waals surface area contributed by atoms with Gasteiger partial charge in [0.15, 0.2) is 0 Å². The zero-order chi connectivity index (χ0) is 18.9. The summed E-state index contributed by atoms with van der Waals surface area (Å²) in [4.78, 5) is 24.2. The van der Waals surface area contributed by atoms with Crippen LogP contribution >= 0.6 is 0 Å². The number of amides is 1. The Labute approximate surface area is 160 Å². The molecule has 1 aromatic carbocycles. The molecule has 144 valence electrons. The van der Waals surface area contributed by atoms with Crippen LogP contribution in [0.3, 0.4) is 0 Å². The normalized spacial score (nSPS) is 15.3. The molecule has 1 heterocycles. The van der Waals surface area contributed by atoms with Crippen LogP contribution < -0.4 is 16.2 Å². The molecule has 0 aliphatic heterocycles. The van der Waals surface area contributed by atoms with Gasteiger partial charge in [0.1, 0.15) is 6.54 Å². The van der Waals surface area contributed by atoms with Crippen molar-refractivity contribution in [2.45, 2.75) is 51.1 Å². The summed E-state index contributed by atoms with van der Waals surface area (Å²) in [6.45, 7) is 1.24. The summed E-state index contributed by atoms with van der Waals surface area (Å²) in [6, 6.07) is 13.3. The van der Waals surface area contributed by atoms with Gasteiger partial charge in [-0.05, 0) is 18.9 Å². The van der Waals surface area contributed by atoms with Crippen LogP contribution in [0.15, 0.2) is 47.3 Å². The van der Waals surface area contributed by atoms with Gasteiger partial charge in [-0.15, -0.1) is 0 Å². The molecule has 1 aliphatic carbocycles. The van der Waals surface area contributed by atoms with Gasteiger partial charge in [0.25, 0.3) is 5.56 Å². The fourth-order valence-electron chi connectivity index (χ4n) is 3.48. The Bertz CT molecular complexity index is 780. The SMILES string of the molecule is O=C(Cn1nc(-c2ccccc2)ccc1=O)NCCNC1CCCCCC1. The Kier molecular flexibility index (Phi) is 7.16. The summed E-state index contributed by atoms with van der Waals surface area (Å²) >= 11 is 0. The predicted octanol–water partition coefficient (Wildman–Crippen LogP) is 2.34. The molecule has 3 rings (SSSR count). The average Bonchev–Trinajstić information content (AvgIpc) is 2.96. The minimum atomic E-state index is -0.276. The zero-order valence-electron chi connectivity index (χ0n) is 15.7. The van der Waals surface area contributed by atoms with Gasteiger partial charge in [-0.3, -0.25) is 9.59 Å². The number of aromatic nitrogens is 2. The van der Waals surface area contributed by atoms with Gasteiger partial charge in [-0.25, -0.2) is 4.68 Å². The van der Waals surface area contributed by atoms with Gasteiger partial charge in [0.05, 0.1) is 5.69 Å². The van der Waals surface area contributed by atoms with Crippen LogP contribution in [0, 0.1) is 0 Å². The molecule has 2 N–H and O–H groups in total. The van der Waals surface area contributed by atoms with E-state index in [9.17, 15) is 9.59 Å². The lowest BCUT2D eigenvalue weighted by molar-refractivity contribution is -0.121. The highest BCUT2D eigenvalue weighted by Gasteiger charge is 2.11. The predicted molar refractivity (Wildman–Crippen MR) is 106 cm³/mol. The number of hydrogen-bond acceptors (Lipinski definition) is 4.